The third-order valence-electron chi connectivity index (χ3n) is 4.24. The molecule has 1 aliphatic rings. The van der Waals surface area contributed by atoms with Gasteiger partial charge in [0.25, 0.3) is 5.91 Å². The number of ketones is 1. The first-order valence-corrected chi connectivity index (χ1v) is 8.12. The van der Waals surface area contributed by atoms with Gasteiger partial charge in [-0.2, -0.15) is 0 Å². The van der Waals surface area contributed by atoms with Gasteiger partial charge in [-0.1, -0.05) is 6.07 Å². The lowest BCUT2D eigenvalue weighted by Gasteiger charge is -2.10. The molecule has 2 N–H and O–H groups in total. The molecule has 0 spiro atoms. The van der Waals surface area contributed by atoms with Crippen LogP contribution in [0.2, 0.25) is 0 Å². The second kappa shape index (κ2) is 7.21. The van der Waals surface area contributed by atoms with Crippen molar-refractivity contribution in [2.75, 3.05) is 17.7 Å². The Morgan fingerprint density at radius 3 is 2.44 bits per heavy atom. The van der Waals surface area contributed by atoms with Crippen molar-refractivity contribution >= 4 is 23.1 Å². The van der Waals surface area contributed by atoms with Crippen LogP contribution in [0.15, 0.2) is 59.8 Å². The molecule has 25 heavy (non-hydrogen) atoms. The summed E-state index contributed by atoms with van der Waals surface area (Å²) in [4.78, 5) is 24.1. The van der Waals surface area contributed by atoms with Crippen LogP contribution in [-0.2, 0) is 4.79 Å². The summed E-state index contributed by atoms with van der Waals surface area (Å²) in [7, 11) is 1.60. The highest BCUT2D eigenvalue weighted by Crippen LogP contribution is 2.25. The van der Waals surface area contributed by atoms with Crippen LogP contribution < -0.4 is 15.4 Å². The van der Waals surface area contributed by atoms with E-state index in [0.717, 1.165) is 22.7 Å². The molecule has 0 bridgehead atoms. The van der Waals surface area contributed by atoms with Crippen LogP contribution in [0.3, 0.4) is 0 Å². The van der Waals surface area contributed by atoms with Crippen molar-refractivity contribution in [3.05, 3.63) is 65.4 Å². The van der Waals surface area contributed by atoms with E-state index in [1.54, 1.807) is 43.5 Å². The van der Waals surface area contributed by atoms with E-state index in [1.807, 2.05) is 19.1 Å². The lowest BCUT2D eigenvalue weighted by atomic mass is 10.1. The number of anilines is 2. The Bertz CT molecular complexity index is 838. The molecule has 1 aliphatic carbocycles. The molecule has 0 aliphatic heterocycles. The third-order valence-corrected chi connectivity index (χ3v) is 4.24. The van der Waals surface area contributed by atoms with Crippen molar-refractivity contribution in [2.24, 2.45) is 0 Å². The first-order valence-electron chi connectivity index (χ1n) is 8.12. The Morgan fingerprint density at radius 2 is 1.80 bits per heavy atom. The number of Topliss-reactive ketones (excluding diaryl/α,β-unsaturated/α-hetero) is 1. The van der Waals surface area contributed by atoms with E-state index in [9.17, 15) is 9.59 Å². The van der Waals surface area contributed by atoms with Gasteiger partial charge in [0.2, 0.25) is 0 Å². The maximum absolute atomic E-state index is 12.4. The number of nitrogens with one attached hydrogen (secondary N) is 2. The fourth-order valence-corrected chi connectivity index (χ4v) is 2.73. The molecule has 2 aromatic carbocycles. The molecule has 5 heteroatoms. The van der Waals surface area contributed by atoms with Gasteiger partial charge in [0.15, 0.2) is 5.78 Å². The highest BCUT2D eigenvalue weighted by molar-refractivity contribution is 6.05. The van der Waals surface area contributed by atoms with Gasteiger partial charge >= 0.3 is 0 Å². The second-order valence-electron chi connectivity index (χ2n) is 5.92. The molecule has 0 saturated carbocycles. The van der Waals surface area contributed by atoms with E-state index in [2.05, 4.69) is 10.6 Å². The van der Waals surface area contributed by atoms with E-state index in [0.29, 0.717) is 24.1 Å². The summed E-state index contributed by atoms with van der Waals surface area (Å²) in [6.45, 7) is 1.83. The molecule has 2 aromatic rings. The molecular formula is C20H20N2O3. The predicted molar refractivity (Wildman–Crippen MR) is 98.0 cm³/mol. The topological polar surface area (TPSA) is 67.4 Å². The second-order valence-corrected chi connectivity index (χ2v) is 5.92. The Labute approximate surface area is 146 Å². The van der Waals surface area contributed by atoms with Gasteiger partial charge in [-0.3, -0.25) is 9.59 Å². The number of allylic oxidation sites excluding steroid dienone is 2. The highest BCUT2D eigenvalue weighted by Gasteiger charge is 2.19. The van der Waals surface area contributed by atoms with Crippen LogP contribution in [0.5, 0.6) is 5.75 Å². The van der Waals surface area contributed by atoms with Gasteiger partial charge in [0.05, 0.1) is 7.11 Å². The van der Waals surface area contributed by atoms with E-state index < -0.39 is 0 Å². The summed E-state index contributed by atoms with van der Waals surface area (Å²) >= 11 is 0. The number of hydrogen-bond acceptors (Lipinski definition) is 4. The maximum atomic E-state index is 12.4. The van der Waals surface area contributed by atoms with Crippen molar-refractivity contribution in [3.8, 4) is 5.75 Å². The van der Waals surface area contributed by atoms with Crippen LogP contribution in [0, 0.1) is 0 Å². The molecule has 128 valence electrons. The zero-order valence-corrected chi connectivity index (χ0v) is 14.3. The standard InChI is InChI=1S/C20H20N2O3/c1-13-18(10-11-19(13)23)21-16-5-3-4-14(12-16)20(24)22-15-6-8-17(25-2)9-7-15/h3-9,12,21H,10-11H2,1-2H3,(H,22,24). The number of amides is 1. The van der Waals surface area contributed by atoms with Crippen LogP contribution >= 0.6 is 0 Å². The van der Waals surface area contributed by atoms with Crippen LogP contribution in [0.4, 0.5) is 11.4 Å². The number of hydrogen-bond donors (Lipinski definition) is 2. The average Bonchev–Trinajstić information content (AvgIpc) is 2.94. The number of ether oxygens (including phenoxy) is 1. The minimum Gasteiger partial charge on any atom is -0.497 e. The molecular weight excluding hydrogens is 316 g/mol. The first kappa shape index (κ1) is 16.8. The van der Waals surface area contributed by atoms with Crippen molar-refractivity contribution in [2.45, 2.75) is 19.8 Å². The van der Waals surface area contributed by atoms with Crippen LogP contribution in [0.25, 0.3) is 0 Å². The Hall–Kier alpha value is -3.08. The Balaban J connectivity index is 1.72. The maximum Gasteiger partial charge on any atom is 0.255 e. The molecule has 0 heterocycles. The lowest BCUT2D eigenvalue weighted by Crippen LogP contribution is -2.12. The summed E-state index contributed by atoms with van der Waals surface area (Å²) in [6, 6.07) is 14.4. The molecule has 0 fully saturated rings. The summed E-state index contributed by atoms with van der Waals surface area (Å²) in [5.74, 6) is 0.719. The molecule has 0 radical (unpaired) electrons. The quantitative estimate of drug-likeness (QED) is 0.866. The van der Waals surface area contributed by atoms with Crippen molar-refractivity contribution in [1.82, 2.24) is 0 Å². The summed E-state index contributed by atoms with van der Waals surface area (Å²) in [5, 5.41) is 6.12. The molecule has 5 nitrogen and oxygen atoms in total. The van der Waals surface area contributed by atoms with Crippen molar-refractivity contribution in [1.29, 1.82) is 0 Å². The SMILES string of the molecule is COc1ccc(NC(=O)c2cccc(NC3=C(C)C(=O)CC3)c2)cc1. The summed E-state index contributed by atoms with van der Waals surface area (Å²) in [5.41, 5.74) is 3.74. The van der Waals surface area contributed by atoms with Crippen molar-refractivity contribution < 1.29 is 14.3 Å². The molecule has 1 amide bonds. The fraction of sp³-hybridized carbons (Fsp3) is 0.200. The normalized spacial score (nSPS) is 13.8. The average molecular weight is 336 g/mol. The smallest absolute Gasteiger partial charge is 0.255 e. The summed E-state index contributed by atoms with van der Waals surface area (Å²) < 4.78 is 5.10. The molecule has 0 saturated heterocycles. The van der Waals surface area contributed by atoms with Crippen LogP contribution in [-0.4, -0.2) is 18.8 Å². The minimum atomic E-state index is -0.193. The molecule has 0 aromatic heterocycles. The van der Waals surface area contributed by atoms with Gasteiger partial charge in [0, 0.05) is 34.6 Å². The summed E-state index contributed by atoms with van der Waals surface area (Å²) in [6.07, 6.45) is 1.26. The predicted octanol–water partition coefficient (Wildman–Crippen LogP) is 4.00. The van der Waals surface area contributed by atoms with Gasteiger partial charge < -0.3 is 15.4 Å². The van der Waals surface area contributed by atoms with Gasteiger partial charge in [0.1, 0.15) is 5.75 Å². The van der Waals surface area contributed by atoms with Crippen molar-refractivity contribution in [3.63, 3.8) is 0 Å². The largest absolute Gasteiger partial charge is 0.497 e. The molecule has 0 atom stereocenters. The van der Waals surface area contributed by atoms with Gasteiger partial charge in [-0.15, -0.1) is 0 Å². The monoisotopic (exact) mass is 336 g/mol. The van der Waals surface area contributed by atoms with E-state index >= 15 is 0 Å². The number of carbonyl (C=O) groups is 2. The fourth-order valence-electron chi connectivity index (χ4n) is 2.73. The lowest BCUT2D eigenvalue weighted by molar-refractivity contribution is -0.114. The molecule has 3 rings (SSSR count). The van der Waals surface area contributed by atoms with E-state index in [4.69, 9.17) is 4.74 Å². The van der Waals surface area contributed by atoms with Gasteiger partial charge in [-0.05, 0) is 55.8 Å². The Morgan fingerprint density at radius 1 is 1.04 bits per heavy atom. The van der Waals surface area contributed by atoms with Crippen LogP contribution in [0.1, 0.15) is 30.1 Å². The van der Waals surface area contributed by atoms with E-state index in [-0.39, 0.29) is 11.7 Å². The zero-order chi connectivity index (χ0) is 17.8. The van der Waals surface area contributed by atoms with Gasteiger partial charge in [-0.25, -0.2) is 0 Å². The number of benzene rings is 2. The highest BCUT2D eigenvalue weighted by atomic mass is 16.5. The third kappa shape index (κ3) is 3.88. The number of carbonyl (C=O) groups excluding carboxylic acids is 2. The minimum absolute atomic E-state index is 0.177. The molecule has 0 unspecified atom stereocenters. The Kier molecular flexibility index (Phi) is 4.84. The zero-order valence-electron chi connectivity index (χ0n) is 14.3. The number of rotatable bonds is 5. The first-order chi connectivity index (χ1) is 12.1. The number of methoxy groups -OCH3 is 1. The van der Waals surface area contributed by atoms with E-state index in [1.165, 1.54) is 0 Å².